The molecule has 0 bridgehead atoms. The van der Waals surface area contributed by atoms with Crippen LogP contribution in [-0.4, -0.2) is 99.5 Å². The van der Waals surface area contributed by atoms with Gasteiger partial charge in [-0.15, -0.1) is 0 Å². The summed E-state index contributed by atoms with van der Waals surface area (Å²) < 4.78 is 27.7. The number of carbonyl (C=O) groups excluding carboxylic acids is 1. The lowest BCUT2D eigenvalue weighted by Gasteiger charge is -2.43. The summed E-state index contributed by atoms with van der Waals surface area (Å²) in [7, 11) is 0. The number of epoxide rings is 1. The Kier molecular flexibility index (Phi) is 6.68. The van der Waals surface area contributed by atoms with Gasteiger partial charge in [0.2, 0.25) is 6.29 Å². The second-order valence-electron chi connectivity index (χ2n) is 9.10. The van der Waals surface area contributed by atoms with E-state index in [2.05, 4.69) is 0 Å². The summed E-state index contributed by atoms with van der Waals surface area (Å²) in [4.78, 5) is 12.1. The SMILES string of the molecule is O=C(/C=C\c1ccccc1)OC[C@H]1O[C@@H](O[C@H]2OC=C[C@@H]3[C@H](O)[C@H]4O[C@@]4(CO)[C@H]23)[C@H](O)[C@@H](O)[C@@H]1O. The van der Waals surface area contributed by atoms with Crippen LogP contribution >= 0.6 is 0 Å². The van der Waals surface area contributed by atoms with Gasteiger partial charge in [-0.3, -0.25) is 0 Å². The van der Waals surface area contributed by atoms with E-state index in [1.54, 1.807) is 12.2 Å². The fourth-order valence-corrected chi connectivity index (χ4v) is 5.10. The van der Waals surface area contributed by atoms with Crippen LogP contribution in [0.15, 0.2) is 48.7 Å². The van der Waals surface area contributed by atoms with Crippen molar-refractivity contribution in [2.24, 2.45) is 11.8 Å². The number of hydrogen-bond donors (Lipinski definition) is 5. The van der Waals surface area contributed by atoms with Crippen LogP contribution in [0.3, 0.4) is 0 Å². The number of fused-ring (bicyclic) bond motifs is 3. The van der Waals surface area contributed by atoms with Crippen molar-refractivity contribution in [1.29, 1.82) is 0 Å². The maximum absolute atomic E-state index is 12.1. The Morgan fingerprint density at radius 1 is 1.03 bits per heavy atom. The molecule has 5 rings (SSSR count). The average Bonchev–Trinajstić information content (AvgIpc) is 3.57. The minimum absolute atomic E-state index is 0.364. The van der Waals surface area contributed by atoms with Crippen LogP contribution in [0, 0.1) is 11.8 Å². The third-order valence-electron chi connectivity index (χ3n) is 7.05. The number of rotatable bonds is 7. The minimum Gasteiger partial charge on any atom is -0.472 e. The maximum Gasteiger partial charge on any atom is 0.330 e. The first-order valence-electron chi connectivity index (χ1n) is 11.4. The zero-order chi connectivity index (χ0) is 24.7. The van der Waals surface area contributed by atoms with Crippen molar-refractivity contribution in [3.63, 3.8) is 0 Å². The van der Waals surface area contributed by atoms with E-state index in [4.69, 9.17) is 23.7 Å². The molecule has 35 heavy (non-hydrogen) atoms. The molecule has 11 heteroatoms. The van der Waals surface area contributed by atoms with Gasteiger partial charge in [0.05, 0.1) is 24.9 Å². The van der Waals surface area contributed by atoms with Gasteiger partial charge in [0.15, 0.2) is 6.29 Å². The molecule has 4 aliphatic rings. The van der Waals surface area contributed by atoms with Crippen molar-refractivity contribution in [3.05, 3.63) is 54.3 Å². The van der Waals surface area contributed by atoms with Crippen LogP contribution in [0.4, 0.5) is 0 Å². The van der Waals surface area contributed by atoms with Crippen molar-refractivity contribution in [1.82, 2.24) is 0 Å². The highest BCUT2D eigenvalue weighted by molar-refractivity contribution is 5.87. The number of ether oxygens (including phenoxy) is 5. The molecule has 0 unspecified atom stereocenters. The number of benzene rings is 1. The summed E-state index contributed by atoms with van der Waals surface area (Å²) in [5.41, 5.74) is -0.248. The quantitative estimate of drug-likeness (QED) is 0.174. The molecule has 0 radical (unpaired) electrons. The predicted octanol–water partition coefficient (Wildman–Crippen LogP) is -1.33. The highest BCUT2D eigenvalue weighted by Crippen LogP contribution is 2.59. The van der Waals surface area contributed by atoms with Crippen LogP contribution < -0.4 is 0 Å². The molecule has 1 saturated carbocycles. The van der Waals surface area contributed by atoms with Crippen molar-refractivity contribution in [2.75, 3.05) is 13.2 Å². The topological polar surface area (TPSA) is 168 Å². The van der Waals surface area contributed by atoms with Crippen molar-refractivity contribution < 1.29 is 54.0 Å². The monoisotopic (exact) mass is 492 g/mol. The van der Waals surface area contributed by atoms with Crippen LogP contribution in [0.2, 0.25) is 0 Å². The molecule has 190 valence electrons. The lowest BCUT2D eigenvalue weighted by Crippen LogP contribution is -2.60. The van der Waals surface area contributed by atoms with Crippen LogP contribution in [0.25, 0.3) is 6.08 Å². The Morgan fingerprint density at radius 2 is 1.80 bits per heavy atom. The molecule has 1 aromatic rings. The van der Waals surface area contributed by atoms with E-state index in [-0.39, 0.29) is 6.61 Å². The molecular weight excluding hydrogens is 464 g/mol. The van der Waals surface area contributed by atoms with Crippen molar-refractivity contribution in [3.8, 4) is 0 Å². The summed E-state index contributed by atoms with van der Waals surface area (Å²) in [6, 6.07) is 9.11. The van der Waals surface area contributed by atoms with E-state index in [1.807, 2.05) is 30.3 Å². The second kappa shape index (κ2) is 9.60. The number of aliphatic hydroxyl groups is 5. The Morgan fingerprint density at radius 3 is 2.54 bits per heavy atom. The van der Waals surface area contributed by atoms with Crippen molar-refractivity contribution >= 4 is 12.0 Å². The van der Waals surface area contributed by atoms with Gasteiger partial charge in [-0.2, -0.15) is 0 Å². The minimum atomic E-state index is -1.65. The van der Waals surface area contributed by atoms with E-state index in [0.29, 0.717) is 0 Å². The Labute approximate surface area is 200 Å². The Hall–Kier alpha value is -2.35. The van der Waals surface area contributed by atoms with E-state index >= 15 is 0 Å². The maximum atomic E-state index is 12.1. The van der Waals surface area contributed by atoms with Crippen molar-refractivity contribution in [2.45, 2.75) is 54.8 Å². The van der Waals surface area contributed by atoms with Gasteiger partial charge in [0.1, 0.15) is 42.7 Å². The fraction of sp³-hybridized carbons (Fsp3) is 0.542. The molecular formula is C24H28O11. The standard InChI is InChI=1S/C24H28O11/c25-11-24-16-13(17(27)21(24)35-24)8-9-31-22(16)34-23-20(30)19(29)18(28)14(33-23)10-32-15(26)7-6-12-4-2-1-3-5-12/h1-9,13-14,16-23,25,27-30H,10-11H2/b7-6-/t13-,14+,16-,17-,18+,19-,20+,21+,22+,23-,24-/m0/s1. The molecule has 11 atom stereocenters. The first-order valence-corrected chi connectivity index (χ1v) is 11.4. The molecule has 2 saturated heterocycles. The normalized spacial score (nSPS) is 43.9. The van der Waals surface area contributed by atoms with Gasteiger partial charge < -0.3 is 49.2 Å². The summed E-state index contributed by atoms with van der Waals surface area (Å²) >= 11 is 0. The largest absolute Gasteiger partial charge is 0.472 e. The molecule has 0 aromatic heterocycles. The number of hydrogen-bond acceptors (Lipinski definition) is 11. The molecule has 3 aliphatic heterocycles. The third kappa shape index (κ3) is 4.39. The van der Waals surface area contributed by atoms with Gasteiger partial charge in [-0.1, -0.05) is 30.3 Å². The zero-order valence-electron chi connectivity index (χ0n) is 18.6. The lowest BCUT2D eigenvalue weighted by molar-refractivity contribution is -0.344. The Bertz CT molecular complexity index is 967. The Balaban J connectivity index is 1.22. The summed E-state index contributed by atoms with van der Waals surface area (Å²) in [5, 5.41) is 51.5. The van der Waals surface area contributed by atoms with Crippen LogP contribution in [0.1, 0.15) is 5.56 Å². The van der Waals surface area contributed by atoms with E-state index < -0.39 is 79.2 Å². The molecule has 1 aromatic carbocycles. The van der Waals surface area contributed by atoms with Gasteiger partial charge in [0.25, 0.3) is 0 Å². The molecule has 11 nitrogen and oxygen atoms in total. The molecule has 1 aliphatic carbocycles. The van der Waals surface area contributed by atoms with Crippen LogP contribution in [0.5, 0.6) is 0 Å². The van der Waals surface area contributed by atoms with E-state index in [1.165, 1.54) is 12.3 Å². The first-order chi connectivity index (χ1) is 16.9. The molecule has 5 N–H and O–H groups in total. The zero-order valence-corrected chi connectivity index (χ0v) is 18.6. The average molecular weight is 492 g/mol. The van der Waals surface area contributed by atoms with Crippen LogP contribution in [-0.2, 0) is 28.5 Å². The molecule has 0 amide bonds. The molecule has 0 spiro atoms. The second-order valence-corrected chi connectivity index (χ2v) is 9.10. The molecule has 3 fully saturated rings. The first kappa shape index (κ1) is 24.3. The van der Waals surface area contributed by atoms with Gasteiger partial charge in [-0.25, -0.2) is 4.79 Å². The van der Waals surface area contributed by atoms with Gasteiger partial charge in [-0.05, 0) is 17.7 Å². The van der Waals surface area contributed by atoms with Gasteiger partial charge >= 0.3 is 5.97 Å². The lowest BCUT2D eigenvalue weighted by atomic mass is 9.85. The molecule has 3 heterocycles. The predicted molar refractivity (Wildman–Crippen MR) is 116 cm³/mol. The van der Waals surface area contributed by atoms with Gasteiger partial charge in [0, 0.05) is 12.0 Å². The third-order valence-corrected chi connectivity index (χ3v) is 7.05. The highest BCUT2D eigenvalue weighted by atomic mass is 16.8. The highest BCUT2D eigenvalue weighted by Gasteiger charge is 2.75. The van der Waals surface area contributed by atoms with E-state index in [9.17, 15) is 30.3 Å². The number of esters is 1. The number of aliphatic hydroxyl groups excluding tert-OH is 5. The summed E-state index contributed by atoms with van der Waals surface area (Å²) in [6.07, 6.45) is -4.23. The fourth-order valence-electron chi connectivity index (χ4n) is 5.10. The smallest absolute Gasteiger partial charge is 0.330 e. The van der Waals surface area contributed by atoms with E-state index in [0.717, 1.165) is 5.56 Å². The summed E-state index contributed by atoms with van der Waals surface area (Å²) in [5.74, 6) is -1.70. The summed E-state index contributed by atoms with van der Waals surface area (Å²) in [6.45, 7) is -0.776. The number of carbonyl (C=O) groups is 1.